The monoisotopic (exact) mass is 498 g/mol. The van der Waals surface area contributed by atoms with Crippen molar-refractivity contribution < 1.29 is 23.2 Å². The average Bonchev–Trinajstić information content (AvgIpc) is 2.87. The van der Waals surface area contributed by atoms with Crippen molar-refractivity contribution in [3.8, 4) is 0 Å². The van der Waals surface area contributed by atoms with Gasteiger partial charge < -0.3 is 24.7 Å². The molecule has 2 aromatic carbocycles. The Hall–Kier alpha value is -3.59. The largest absolute Gasteiger partial charge is 0.349 e. The molecule has 35 heavy (non-hydrogen) atoms. The molecule has 0 saturated heterocycles. The molecule has 0 radical (unpaired) electrons. The van der Waals surface area contributed by atoms with Gasteiger partial charge >= 0.3 is 7.60 Å². The standard InChI is InChI=1S/C24H27N4O6P/c1-3-33-35(32,34-4-2)16-26-24(31)21-25-15-19(23(30)28-21)22(29)27-20(17-11-7-5-8-12-17)18-13-9-6-10-14-18/h5-15,20H,3-4,16H2,1-2H3,(H,26,31)(H,27,29)(H,25,28,30). The van der Waals surface area contributed by atoms with Gasteiger partial charge in [-0.2, -0.15) is 0 Å². The average molecular weight is 498 g/mol. The molecule has 1 heterocycles. The molecule has 0 unspecified atom stereocenters. The van der Waals surface area contributed by atoms with E-state index in [9.17, 15) is 18.9 Å². The van der Waals surface area contributed by atoms with Crippen molar-refractivity contribution in [1.82, 2.24) is 20.6 Å². The third kappa shape index (κ3) is 6.95. The third-order valence-electron chi connectivity index (χ3n) is 4.89. The summed E-state index contributed by atoms with van der Waals surface area (Å²) in [4.78, 5) is 44.2. The summed E-state index contributed by atoms with van der Waals surface area (Å²) in [5.41, 5.74) is 0.619. The Balaban J connectivity index is 1.76. The Kier molecular flexibility index (Phi) is 9.08. The Labute approximate surface area is 202 Å². The second kappa shape index (κ2) is 12.2. The summed E-state index contributed by atoms with van der Waals surface area (Å²) in [5, 5.41) is 5.23. The Morgan fingerprint density at radius 2 is 1.49 bits per heavy atom. The van der Waals surface area contributed by atoms with Crippen LogP contribution in [0.25, 0.3) is 0 Å². The molecular formula is C24H27N4O6P. The molecule has 0 aliphatic heterocycles. The molecule has 184 valence electrons. The molecule has 10 nitrogen and oxygen atoms in total. The smallest absolute Gasteiger partial charge is 0.341 e. The Morgan fingerprint density at radius 1 is 0.943 bits per heavy atom. The van der Waals surface area contributed by atoms with E-state index < -0.39 is 37.3 Å². The minimum Gasteiger partial charge on any atom is -0.341 e. The van der Waals surface area contributed by atoms with Crippen LogP contribution < -0.4 is 16.2 Å². The SMILES string of the molecule is CCOP(=O)(CNC(=O)c1ncc(C(=O)NC(c2ccccc2)c2ccccc2)c(=O)[nH]1)OCC. The van der Waals surface area contributed by atoms with Crippen LogP contribution >= 0.6 is 7.60 Å². The maximum Gasteiger partial charge on any atom is 0.349 e. The molecule has 3 rings (SSSR count). The number of nitrogens with zero attached hydrogens (tertiary/aromatic N) is 1. The van der Waals surface area contributed by atoms with Gasteiger partial charge in [-0.05, 0) is 25.0 Å². The van der Waals surface area contributed by atoms with E-state index in [0.717, 1.165) is 17.3 Å². The first kappa shape index (κ1) is 26.0. The van der Waals surface area contributed by atoms with Gasteiger partial charge in [0.1, 0.15) is 11.8 Å². The van der Waals surface area contributed by atoms with Crippen LogP contribution in [0, 0.1) is 0 Å². The van der Waals surface area contributed by atoms with Gasteiger partial charge in [0.15, 0.2) is 5.82 Å². The maximum absolute atomic E-state index is 13.0. The van der Waals surface area contributed by atoms with Crippen LogP contribution in [-0.2, 0) is 13.6 Å². The fourth-order valence-electron chi connectivity index (χ4n) is 3.31. The number of rotatable bonds is 11. The van der Waals surface area contributed by atoms with Crippen LogP contribution in [0.15, 0.2) is 71.7 Å². The number of carbonyl (C=O) groups excluding carboxylic acids is 2. The normalized spacial score (nSPS) is 11.3. The summed E-state index contributed by atoms with van der Waals surface area (Å²) >= 11 is 0. The van der Waals surface area contributed by atoms with Gasteiger partial charge in [-0.3, -0.25) is 18.9 Å². The highest BCUT2D eigenvalue weighted by molar-refractivity contribution is 7.53. The highest BCUT2D eigenvalue weighted by atomic mass is 31.2. The van der Waals surface area contributed by atoms with Gasteiger partial charge in [-0.15, -0.1) is 0 Å². The van der Waals surface area contributed by atoms with Crippen LogP contribution in [0.3, 0.4) is 0 Å². The molecule has 0 atom stereocenters. The summed E-state index contributed by atoms with van der Waals surface area (Å²) in [6.07, 6.45) is 0.635. The molecule has 0 aliphatic carbocycles. The van der Waals surface area contributed by atoms with Crippen molar-refractivity contribution in [1.29, 1.82) is 0 Å². The number of carbonyl (C=O) groups is 2. The number of aromatic amines is 1. The number of hydrogen-bond acceptors (Lipinski definition) is 7. The number of amides is 2. The van der Waals surface area contributed by atoms with Crippen LogP contribution in [0.4, 0.5) is 0 Å². The molecular weight excluding hydrogens is 471 g/mol. The summed E-state index contributed by atoms with van der Waals surface area (Å²) in [6, 6.07) is 18.1. The lowest BCUT2D eigenvalue weighted by Crippen LogP contribution is -2.35. The summed E-state index contributed by atoms with van der Waals surface area (Å²) < 4.78 is 22.7. The van der Waals surface area contributed by atoms with Crippen LogP contribution in [0.1, 0.15) is 52.0 Å². The molecule has 1 aromatic heterocycles. The molecule has 3 aromatic rings. The van der Waals surface area contributed by atoms with E-state index in [1.807, 2.05) is 60.7 Å². The minimum atomic E-state index is -3.52. The summed E-state index contributed by atoms with van der Waals surface area (Å²) in [5.74, 6) is -1.78. The van der Waals surface area contributed by atoms with E-state index in [0.29, 0.717) is 0 Å². The van der Waals surface area contributed by atoms with Crippen LogP contribution in [0.2, 0.25) is 0 Å². The molecule has 0 spiro atoms. The highest BCUT2D eigenvalue weighted by Gasteiger charge is 2.26. The van der Waals surface area contributed by atoms with Gasteiger partial charge in [-0.25, -0.2) is 4.98 Å². The van der Waals surface area contributed by atoms with Gasteiger partial charge in [-0.1, -0.05) is 60.7 Å². The van der Waals surface area contributed by atoms with Gasteiger partial charge in [0.25, 0.3) is 17.4 Å². The lowest BCUT2D eigenvalue weighted by atomic mass is 9.98. The molecule has 11 heteroatoms. The fraction of sp³-hybridized carbons (Fsp3) is 0.250. The fourth-order valence-corrected chi connectivity index (χ4v) is 4.69. The zero-order valence-electron chi connectivity index (χ0n) is 19.4. The van der Waals surface area contributed by atoms with Gasteiger partial charge in [0.05, 0.1) is 19.3 Å². The zero-order chi connectivity index (χ0) is 25.3. The first-order valence-corrected chi connectivity index (χ1v) is 12.8. The molecule has 2 amide bonds. The topological polar surface area (TPSA) is 139 Å². The number of hydrogen-bond donors (Lipinski definition) is 3. The number of nitrogens with one attached hydrogen (secondary N) is 3. The van der Waals surface area contributed by atoms with Crippen molar-refractivity contribution >= 4 is 19.4 Å². The molecule has 0 saturated carbocycles. The van der Waals surface area contributed by atoms with Crippen LogP contribution in [-0.4, -0.2) is 41.3 Å². The van der Waals surface area contributed by atoms with Crippen molar-refractivity contribution in [3.63, 3.8) is 0 Å². The predicted octanol–water partition coefficient (Wildman–Crippen LogP) is 3.24. The lowest BCUT2D eigenvalue weighted by Gasteiger charge is -2.19. The van der Waals surface area contributed by atoms with E-state index in [4.69, 9.17) is 9.05 Å². The van der Waals surface area contributed by atoms with Crippen LogP contribution in [0.5, 0.6) is 0 Å². The zero-order valence-corrected chi connectivity index (χ0v) is 20.3. The van der Waals surface area contributed by atoms with Gasteiger partial charge in [0, 0.05) is 6.20 Å². The summed E-state index contributed by atoms with van der Waals surface area (Å²) in [7, 11) is -3.52. The second-order valence-corrected chi connectivity index (χ2v) is 9.37. The molecule has 0 aliphatic rings. The van der Waals surface area contributed by atoms with E-state index in [2.05, 4.69) is 20.6 Å². The lowest BCUT2D eigenvalue weighted by molar-refractivity contribution is 0.0927. The third-order valence-corrected chi connectivity index (χ3v) is 6.73. The van der Waals surface area contributed by atoms with Gasteiger partial charge in [0.2, 0.25) is 0 Å². The highest BCUT2D eigenvalue weighted by Crippen LogP contribution is 2.46. The van der Waals surface area contributed by atoms with Crippen molar-refractivity contribution in [3.05, 3.63) is 99.7 Å². The number of aromatic nitrogens is 2. The van der Waals surface area contributed by atoms with E-state index >= 15 is 0 Å². The van der Waals surface area contributed by atoms with Crippen molar-refractivity contribution in [2.75, 3.05) is 19.5 Å². The first-order chi connectivity index (χ1) is 16.9. The van der Waals surface area contributed by atoms with Crippen molar-refractivity contribution in [2.45, 2.75) is 19.9 Å². The predicted molar refractivity (Wildman–Crippen MR) is 130 cm³/mol. The van der Waals surface area contributed by atoms with Crippen molar-refractivity contribution in [2.24, 2.45) is 0 Å². The Morgan fingerprint density at radius 3 is 1.97 bits per heavy atom. The number of benzene rings is 2. The molecule has 3 N–H and O–H groups in total. The van der Waals surface area contributed by atoms with E-state index in [1.165, 1.54) is 0 Å². The number of H-pyrrole nitrogens is 1. The minimum absolute atomic E-state index is 0.138. The second-order valence-electron chi connectivity index (χ2n) is 7.31. The summed E-state index contributed by atoms with van der Waals surface area (Å²) in [6.45, 7) is 3.57. The Bertz CT molecular complexity index is 1200. The first-order valence-electron chi connectivity index (χ1n) is 11.0. The molecule has 0 bridgehead atoms. The maximum atomic E-state index is 13.0. The van der Waals surface area contributed by atoms with E-state index in [1.54, 1.807) is 13.8 Å². The quantitative estimate of drug-likeness (QED) is 0.345. The van der Waals surface area contributed by atoms with E-state index in [-0.39, 0.29) is 24.6 Å². The molecule has 0 fully saturated rings.